The molecule has 0 unspecified atom stereocenters. The molecule has 0 aliphatic rings. The predicted octanol–water partition coefficient (Wildman–Crippen LogP) is 4.05. The summed E-state index contributed by atoms with van der Waals surface area (Å²) in [5.41, 5.74) is 5.59. The molecule has 0 radical (unpaired) electrons. The number of hydrogen-bond acceptors (Lipinski definition) is 5. The molecule has 0 heterocycles. The number of phenols is 3. The zero-order valence-electron chi connectivity index (χ0n) is 15.7. The van der Waals surface area contributed by atoms with E-state index in [2.05, 4.69) is 10.5 Å². The van der Waals surface area contributed by atoms with E-state index < -0.39 is 0 Å². The van der Waals surface area contributed by atoms with Gasteiger partial charge in [0.25, 0.3) is 5.91 Å². The van der Waals surface area contributed by atoms with Crippen molar-refractivity contribution in [3.8, 4) is 17.2 Å². The van der Waals surface area contributed by atoms with Gasteiger partial charge in [0.1, 0.15) is 17.2 Å². The monoisotopic (exact) mass is 388 g/mol. The van der Waals surface area contributed by atoms with E-state index in [1.165, 1.54) is 18.3 Å². The van der Waals surface area contributed by atoms with Gasteiger partial charge in [-0.15, -0.1) is 0 Å². The Morgan fingerprint density at radius 1 is 0.897 bits per heavy atom. The van der Waals surface area contributed by atoms with E-state index in [-0.39, 0.29) is 23.2 Å². The topological polar surface area (TPSA) is 102 Å². The van der Waals surface area contributed by atoms with Crippen molar-refractivity contribution in [1.82, 2.24) is 5.43 Å². The molecule has 0 aliphatic heterocycles. The minimum Gasteiger partial charge on any atom is -0.508 e. The van der Waals surface area contributed by atoms with E-state index in [1.54, 1.807) is 48.6 Å². The highest BCUT2D eigenvalue weighted by molar-refractivity contribution is 5.96. The normalized spacial score (nSPS) is 11.2. The first kappa shape index (κ1) is 19.7. The molecule has 0 saturated carbocycles. The van der Waals surface area contributed by atoms with Gasteiger partial charge in [0.2, 0.25) is 0 Å². The molecule has 0 aliphatic carbocycles. The number of nitrogens with zero attached hydrogens (tertiary/aromatic N) is 1. The average molecular weight is 388 g/mol. The summed E-state index contributed by atoms with van der Waals surface area (Å²) in [4.78, 5) is 12.1. The summed E-state index contributed by atoms with van der Waals surface area (Å²) >= 11 is 0. The van der Waals surface area contributed by atoms with Gasteiger partial charge in [-0.2, -0.15) is 5.10 Å². The third-order valence-corrected chi connectivity index (χ3v) is 4.20. The maximum absolute atomic E-state index is 12.1. The van der Waals surface area contributed by atoms with E-state index >= 15 is 0 Å². The Kier molecular flexibility index (Phi) is 5.94. The minimum atomic E-state index is -0.374. The number of rotatable bonds is 5. The highest BCUT2D eigenvalue weighted by atomic mass is 16.3. The SMILES string of the molecule is Cc1ccc(C(=O)N/N=C\c2c(O)cc(O)cc2/C=C/c2ccc(O)cc2)cc1. The van der Waals surface area contributed by atoms with E-state index in [1.807, 2.05) is 19.1 Å². The molecule has 3 rings (SSSR count). The first-order valence-corrected chi connectivity index (χ1v) is 8.85. The van der Waals surface area contributed by atoms with Crippen LogP contribution in [0.3, 0.4) is 0 Å². The lowest BCUT2D eigenvalue weighted by Gasteiger charge is -2.06. The number of phenolic OH excluding ortho intramolecular Hbond substituents is 3. The number of aryl methyl sites for hydroxylation is 1. The molecule has 1 amide bonds. The lowest BCUT2D eigenvalue weighted by atomic mass is 10.0. The molecule has 6 nitrogen and oxygen atoms in total. The Bertz CT molecular complexity index is 1070. The lowest BCUT2D eigenvalue weighted by Crippen LogP contribution is -2.17. The van der Waals surface area contributed by atoms with Crippen LogP contribution in [0.15, 0.2) is 65.8 Å². The summed E-state index contributed by atoms with van der Waals surface area (Å²) in [6.45, 7) is 1.93. The quantitative estimate of drug-likeness (QED) is 0.301. The smallest absolute Gasteiger partial charge is 0.271 e. The van der Waals surface area contributed by atoms with Crippen LogP contribution in [0.25, 0.3) is 12.2 Å². The molecule has 29 heavy (non-hydrogen) atoms. The number of benzene rings is 3. The van der Waals surface area contributed by atoms with Crippen LogP contribution in [0.1, 0.15) is 32.6 Å². The molecule has 0 bridgehead atoms. The van der Waals surface area contributed by atoms with Crippen molar-refractivity contribution in [2.75, 3.05) is 0 Å². The fourth-order valence-corrected chi connectivity index (χ4v) is 2.62. The maximum Gasteiger partial charge on any atom is 0.271 e. The summed E-state index contributed by atoms with van der Waals surface area (Å²) in [5.74, 6) is -0.493. The summed E-state index contributed by atoms with van der Waals surface area (Å²) in [7, 11) is 0. The van der Waals surface area contributed by atoms with Crippen LogP contribution in [-0.2, 0) is 0 Å². The summed E-state index contributed by atoms with van der Waals surface area (Å²) in [6, 6.07) is 16.3. The third-order valence-electron chi connectivity index (χ3n) is 4.20. The Morgan fingerprint density at radius 2 is 1.59 bits per heavy atom. The number of amides is 1. The first-order chi connectivity index (χ1) is 13.9. The van der Waals surface area contributed by atoms with Gasteiger partial charge in [0.15, 0.2) is 0 Å². The van der Waals surface area contributed by atoms with Crippen LogP contribution < -0.4 is 5.43 Å². The second-order valence-electron chi connectivity index (χ2n) is 6.46. The number of carbonyl (C=O) groups is 1. The molecule has 0 saturated heterocycles. The first-order valence-electron chi connectivity index (χ1n) is 8.85. The number of hydrogen-bond donors (Lipinski definition) is 4. The van der Waals surface area contributed by atoms with Crippen LogP contribution in [0.2, 0.25) is 0 Å². The summed E-state index contributed by atoms with van der Waals surface area (Å²) in [6.07, 6.45) is 4.77. The van der Waals surface area contributed by atoms with Gasteiger partial charge in [-0.25, -0.2) is 5.43 Å². The molecule has 3 aromatic rings. The molecular formula is C23H20N2O4. The Labute approximate surface area is 168 Å². The van der Waals surface area contributed by atoms with Crippen molar-refractivity contribution in [2.24, 2.45) is 5.10 Å². The van der Waals surface area contributed by atoms with Crippen molar-refractivity contribution < 1.29 is 20.1 Å². The zero-order valence-corrected chi connectivity index (χ0v) is 15.7. The molecule has 146 valence electrons. The fourth-order valence-electron chi connectivity index (χ4n) is 2.62. The maximum atomic E-state index is 12.1. The molecule has 0 atom stereocenters. The number of carbonyl (C=O) groups excluding carboxylic acids is 1. The lowest BCUT2D eigenvalue weighted by molar-refractivity contribution is 0.0955. The minimum absolute atomic E-state index is 0.103. The van der Waals surface area contributed by atoms with Gasteiger partial charge in [-0.3, -0.25) is 4.79 Å². The van der Waals surface area contributed by atoms with Crippen LogP contribution in [0, 0.1) is 6.92 Å². The summed E-state index contributed by atoms with van der Waals surface area (Å²) < 4.78 is 0. The van der Waals surface area contributed by atoms with Gasteiger partial charge >= 0.3 is 0 Å². The molecule has 0 aromatic heterocycles. The molecule has 3 aromatic carbocycles. The second-order valence-corrected chi connectivity index (χ2v) is 6.46. The van der Waals surface area contributed by atoms with Crippen molar-refractivity contribution in [3.63, 3.8) is 0 Å². The van der Waals surface area contributed by atoms with Gasteiger partial charge in [-0.1, -0.05) is 42.0 Å². The molecule has 4 N–H and O–H groups in total. The van der Waals surface area contributed by atoms with Crippen molar-refractivity contribution in [3.05, 3.63) is 88.5 Å². The Balaban J connectivity index is 1.80. The van der Waals surface area contributed by atoms with E-state index in [4.69, 9.17) is 0 Å². The van der Waals surface area contributed by atoms with Crippen molar-refractivity contribution >= 4 is 24.3 Å². The Hall–Kier alpha value is -4.06. The number of aromatic hydroxyl groups is 3. The number of hydrazone groups is 1. The molecule has 0 fully saturated rings. The molecule has 6 heteroatoms. The van der Waals surface area contributed by atoms with Gasteiger partial charge in [-0.05, 0) is 48.4 Å². The number of nitrogens with one attached hydrogen (secondary N) is 1. The van der Waals surface area contributed by atoms with Crippen LogP contribution in [0.5, 0.6) is 17.2 Å². The van der Waals surface area contributed by atoms with E-state index in [0.717, 1.165) is 11.1 Å². The van der Waals surface area contributed by atoms with Crippen LogP contribution in [-0.4, -0.2) is 27.4 Å². The van der Waals surface area contributed by atoms with Crippen LogP contribution in [0.4, 0.5) is 0 Å². The molecular weight excluding hydrogens is 368 g/mol. The highest BCUT2D eigenvalue weighted by Gasteiger charge is 2.08. The Morgan fingerprint density at radius 3 is 2.28 bits per heavy atom. The average Bonchev–Trinajstić information content (AvgIpc) is 2.69. The largest absolute Gasteiger partial charge is 0.508 e. The predicted molar refractivity (Wildman–Crippen MR) is 113 cm³/mol. The highest BCUT2D eigenvalue weighted by Crippen LogP contribution is 2.27. The van der Waals surface area contributed by atoms with E-state index in [0.29, 0.717) is 16.7 Å². The summed E-state index contributed by atoms with van der Waals surface area (Å²) in [5, 5.41) is 33.3. The molecule has 0 spiro atoms. The van der Waals surface area contributed by atoms with Crippen LogP contribution >= 0.6 is 0 Å². The van der Waals surface area contributed by atoms with Gasteiger partial charge < -0.3 is 15.3 Å². The third kappa shape index (κ3) is 5.23. The second kappa shape index (κ2) is 8.75. The zero-order chi connectivity index (χ0) is 20.8. The van der Waals surface area contributed by atoms with Gasteiger partial charge in [0, 0.05) is 17.2 Å². The van der Waals surface area contributed by atoms with Crippen molar-refractivity contribution in [2.45, 2.75) is 6.92 Å². The van der Waals surface area contributed by atoms with Crippen molar-refractivity contribution in [1.29, 1.82) is 0 Å². The fraction of sp³-hybridized carbons (Fsp3) is 0.0435. The van der Waals surface area contributed by atoms with Gasteiger partial charge in [0.05, 0.1) is 6.21 Å². The standard InChI is InChI=1S/C23H20N2O4/c1-15-2-7-17(8-3-15)23(29)25-24-14-21-18(12-20(27)13-22(21)28)9-4-16-5-10-19(26)11-6-16/h2-14,26-28H,1H3,(H,25,29)/b9-4+,24-14-. The van der Waals surface area contributed by atoms with E-state index in [9.17, 15) is 20.1 Å².